The molecule has 0 bridgehead atoms. The summed E-state index contributed by atoms with van der Waals surface area (Å²) < 4.78 is 49.2. The minimum Gasteiger partial charge on any atom is -0.481 e. The van der Waals surface area contributed by atoms with Gasteiger partial charge in [0.15, 0.2) is 0 Å². The minimum absolute atomic E-state index is 0. The number of nitrogens with zero attached hydrogens (tertiary/aromatic N) is 4. The molecule has 0 spiro atoms. The maximum atomic E-state index is 12.8. The van der Waals surface area contributed by atoms with Gasteiger partial charge in [-0.2, -0.15) is 0 Å². The van der Waals surface area contributed by atoms with Gasteiger partial charge in [-0.15, -0.1) is 4.90 Å². The number of aliphatic imine (C=N–C) groups is 1. The van der Waals surface area contributed by atoms with Crippen LogP contribution in [0.3, 0.4) is 0 Å². The molecular formula is C49H78N6NaO16S-. The van der Waals surface area contributed by atoms with E-state index in [9.17, 15) is 24.0 Å². The van der Waals surface area contributed by atoms with Crippen LogP contribution in [0.4, 0.5) is 5.69 Å². The molecule has 73 heavy (non-hydrogen) atoms. The third-order valence-corrected chi connectivity index (χ3v) is 10.7. The molecule has 0 aliphatic carbocycles. The summed E-state index contributed by atoms with van der Waals surface area (Å²) in [5, 5.41) is 12.6. The van der Waals surface area contributed by atoms with Gasteiger partial charge in [-0.05, 0) is 19.4 Å². The number of imide groups is 1. The zero-order valence-electron chi connectivity index (χ0n) is 43.2. The fourth-order valence-electron chi connectivity index (χ4n) is 6.18. The molecule has 0 aromatic heterocycles. The molecule has 408 valence electrons. The first-order valence-corrected chi connectivity index (χ1v) is 25.7. The summed E-state index contributed by atoms with van der Waals surface area (Å²) in [6, 6.07) is 5.83. The predicted molar refractivity (Wildman–Crippen MR) is 274 cm³/mol. The molecule has 1 aromatic carbocycles. The summed E-state index contributed by atoms with van der Waals surface area (Å²) in [6.45, 7) is 17.9. The van der Waals surface area contributed by atoms with Crippen LogP contribution in [-0.4, -0.2) is 232 Å². The van der Waals surface area contributed by atoms with Gasteiger partial charge < -0.3 is 75.8 Å². The SMILES string of the molecule is C=[S-](=C)c1ccc2c(c1)N=C(N)CC(C(=O)N(CCC)OCC)=C2.[CH2-]COCCOCCOCCN(CCOCCOCCOCCNC(=O)CN1C(=O)C=CC1=O)CCOCCOCCOCCC(=O)O.[Na+]. The minimum atomic E-state index is -0.892. The zero-order valence-corrected chi connectivity index (χ0v) is 46.0. The van der Waals surface area contributed by atoms with Crippen molar-refractivity contribution in [3.8, 4) is 0 Å². The van der Waals surface area contributed by atoms with Crippen molar-refractivity contribution in [3.05, 3.63) is 48.4 Å². The Bertz CT molecular complexity index is 1890. The van der Waals surface area contributed by atoms with E-state index in [4.69, 9.17) is 58.3 Å². The van der Waals surface area contributed by atoms with E-state index in [1.54, 1.807) is 0 Å². The average Bonchev–Trinajstić information content (AvgIpc) is 3.55. The van der Waals surface area contributed by atoms with Crippen LogP contribution in [0.15, 0.2) is 45.8 Å². The van der Waals surface area contributed by atoms with E-state index in [1.165, 1.54) is 5.06 Å². The average molecular weight is 1060 g/mol. The number of hydroxylamine groups is 2. The summed E-state index contributed by atoms with van der Waals surface area (Å²) in [5.41, 5.74) is 8.21. The first kappa shape index (κ1) is 67.4. The van der Waals surface area contributed by atoms with Gasteiger partial charge in [0.25, 0.3) is 17.7 Å². The van der Waals surface area contributed by atoms with Crippen LogP contribution in [0, 0.1) is 6.92 Å². The Hall–Kier alpha value is -3.63. The number of ether oxygens (including phenoxy) is 9. The number of carbonyl (C=O) groups is 5. The smallest absolute Gasteiger partial charge is 0.481 e. The fraction of sp³-hybridized carbons (Fsp3) is 0.612. The predicted octanol–water partition coefficient (Wildman–Crippen LogP) is -1.71. The number of carboxylic acids is 1. The van der Waals surface area contributed by atoms with Gasteiger partial charge >= 0.3 is 35.5 Å². The van der Waals surface area contributed by atoms with Gasteiger partial charge in [0.05, 0.1) is 131 Å². The largest absolute Gasteiger partial charge is 1.00 e. The van der Waals surface area contributed by atoms with Crippen molar-refractivity contribution in [2.75, 3.05) is 165 Å². The number of carboxylic acid groups (broad SMARTS) is 1. The van der Waals surface area contributed by atoms with E-state index >= 15 is 0 Å². The molecule has 0 radical (unpaired) electrons. The van der Waals surface area contributed by atoms with Crippen molar-refractivity contribution in [2.24, 2.45) is 10.7 Å². The molecule has 2 heterocycles. The Morgan fingerprint density at radius 3 is 1.73 bits per heavy atom. The second-order valence-corrected chi connectivity index (χ2v) is 16.9. The van der Waals surface area contributed by atoms with Crippen molar-refractivity contribution < 1.29 is 106 Å². The summed E-state index contributed by atoms with van der Waals surface area (Å²) in [7, 11) is -0.350. The number of benzene rings is 1. The molecule has 4 amide bonds. The van der Waals surface area contributed by atoms with Crippen molar-refractivity contribution in [2.45, 2.75) is 38.0 Å². The fourth-order valence-corrected chi connectivity index (χ4v) is 6.72. The van der Waals surface area contributed by atoms with E-state index in [1.807, 2.05) is 38.1 Å². The first-order valence-electron chi connectivity index (χ1n) is 24.1. The summed E-state index contributed by atoms with van der Waals surface area (Å²) in [4.78, 5) is 72.0. The van der Waals surface area contributed by atoms with Gasteiger partial charge in [-0.25, -0.2) is 21.8 Å². The van der Waals surface area contributed by atoms with Crippen LogP contribution >= 0.6 is 0 Å². The summed E-state index contributed by atoms with van der Waals surface area (Å²) >= 11 is 0. The molecule has 22 nitrogen and oxygen atoms in total. The maximum Gasteiger partial charge on any atom is 1.00 e. The van der Waals surface area contributed by atoms with Crippen LogP contribution in [-0.2, 0) is 81.5 Å². The quantitative estimate of drug-likeness (QED) is 0.0125. The molecule has 24 heteroatoms. The molecule has 4 N–H and O–H groups in total. The van der Waals surface area contributed by atoms with Gasteiger partial charge in [0.2, 0.25) is 5.91 Å². The van der Waals surface area contributed by atoms with Crippen LogP contribution in [0.2, 0.25) is 0 Å². The molecule has 0 unspecified atom stereocenters. The molecule has 1 aromatic rings. The molecule has 0 fully saturated rings. The van der Waals surface area contributed by atoms with E-state index in [0.29, 0.717) is 156 Å². The number of nitrogens with one attached hydrogen (secondary N) is 1. The van der Waals surface area contributed by atoms with Gasteiger partial charge in [0.1, 0.15) is 12.4 Å². The number of carbonyl (C=O) groups excluding carboxylic acids is 4. The van der Waals surface area contributed by atoms with E-state index < -0.39 is 23.7 Å². The van der Waals surface area contributed by atoms with Crippen LogP contribution in [0.1, 0.15) is 38.7 Å². The second kappa shape index (κ2) is 43.6. The molecule has 3 rings (SSSR count). The number of rotatable bonds is 42. The molecule has 2 aliphatic rings. The molecule has 0 saturated carbocycles. The van der Waals surface area contributed by atoms with Gasteiger partial charge in [-0.1, -0.05) is 31.7 Å². The number of hydrogen-bond donors (Lipinski definition) is 3. The third-order valence-electron chi connectivity index (χ3n) is 9.78. The number of aliphatic carboxylic acids is 1. The monoisotopic (exact) mass is 1060 g/mol. The van der Waals surface area contributed by atoms with Crippen molar-refractivity contribution in [3.63, 3.8) is 0 Å². The van der Waals surface area contributed by atoms with Crippen molar-refractivity contribution in [1.29, 1.82) is 0 Å². The molecule has 0 atom stereocenters. The number of amidine groups is 1. The number of amides is 4. The third kappa shape index (κ3) is 32.4. The van der Waals surface area contributed by atoms with E-state index in [2.05, 4.69) is 33.9 Å². The summed E-state index contributed by atoms with van der Waals surface area (Å²) in [5.74, 6) is 5.82. The Labute approximate surface area is 454 Å². The molecule has 0 saturated heterocycles. The Kier molecular flexibility index (Phi) is 40.2. The van der Waals surface area contributed by atoms with Crippen molar-refractivity contribution >= 4 is 69.0 Å². The maximum absolute atomic E-state index is 12.8. The zero-order chi connectivity index (χ0) is 52.6. The number of hydrogen-bond acceptors (Lipinski definition) is 19. The van der Waals surface area contributed by atoms with Gasteiger partial charge in [0, 0.05) is 62.4 Å². The van der Waals surface area contributed by atoms with Crippen LogP contribution in [0.5, 0.6) is 0 Å². The van der Waals surface area contributed by atoms with E-state index in [0.717, 1.165) is 39.6 Å². The van der Waals surface area contributed by atoms with Crippen LogP contribution < -0.4 is 40.6 Å². The molecular weight excluding hydrogens is 984 g/mol. The number of nitrogens with two attached hydrogens (primary N) is 1. The van der Waals surface area contributed by atoms with Gasteiger partial charge in [-0.3, -0.25) is 38.6 Å². The molecule has 2 aliphatic heterocycles. The number of fused-ring (bicyclic) bond motifs is 1. The van der Waals surface area contributed by atoms with Crippen LogP contribution in [0.25, 0.3) is 6.08 Å². The Balaban J connectivity index is 0.000000887. The second-order valence-electron chi connectivity index (χ2n) is 15.4. The van der Waals surface area contributed by atoms with Crippen molar-refractivity contribution in [1.82, 2.24) is 20.2 Å². The Morgan fingerprint density at radius 2 is 1.25 bits per heavy atom. The summed E-state index contributed by atoms with van der Waals surface area (Å²) in [6.07, 6.45) is 5.20. The Morgan fingerprint density at radius 1 is 0.753 bits per heavy atom. The normalized spacial score (nSPS) is 13.0. The van der Waals surface area contributed by atoms with E-state index in [-0.39, 0.29) is 78.3 Å². The first-order chi connectivity index (χ1) is 34.9. The standard InChI is InChI=1S/C31H54N3O14.C18H24N3O2S.Na/c1-2-40-15-16-46-24-19-43-12-7-33(8-13-44-20-25-47-22-17-41-10-5-31(38)39)9-14-45-21-26-48-23-18-42-11-6-32-28(35)27-34-29(36)3-4-30(34)37;1-5-9-21(23-6-2)18(22)14-10-13-7-8-15(24(3)4)12-16(13)20-17(19)11-14;/h3-4H,1-2,5-27H2,(H,32,35)(H,38,39);7-8,10,12H,3-6,9,11H2,1-2H3,(H2,19,20);/q2*-1;+1. The topological polar surface area (TPSA) is 258 Å².